The summed E-state index contributed by atoms with van der Waals surface area (Å²) in [4.78, 5) is 17.6. The molecule has 0 amide bonds. The van der Waals surface area contributed by atoms with E-state index in [-0.39, 0.29) is 5.56 Å². The van der Waals surface area contributed by atoms with Gasteiger partial charge in [-0.2, -0.15) is 0 Å². The van der Waals surface area contributed by atoms with Gasteiger partial charge in [0.25, 0.3) is 0 Å². The Morgan fingerprint density at radius 1 is 1.33 bits per heavy atom. The molecule has 1 saturated carbocycles. The van der Waals surface area contributed by atoms with E-state index in [1.807, 2.05) is 6.07 Å². The van der Waals surface area contributed by atoms with E-state index in [4.69, 9.17) is 5.11 Å². The zero-order valence-corrected chi connectivity index (χ0v) is 11.0. The highest BCUT2D eigenvalue weighted by Crippen LogP contribution is 2.25. The quantitative estimate of drug-likeness (QED) is 0.893. The van der Waals surface area contributed by atoms with E-state index in [2.05, 4.69) is 16.9 Å². The molecule has 4 heteroatoms. The van der Waals surface area contributed by atoms with Gasteiger partial charge in [-0.25, -0.2) is 9.78 Å². The van der Waals surface area contributed by atoms with Gasteiger partial charge in [0.1, 0.15) is 5.82 Å². The molecule has 0 aromatic carbocycles. The molecule has 0 radical (unpaired) electrons. The molecule has 1 aliphatic carbocycles. The van der Waals surface area contributed by atoms with Crippen LogP contribution < -0.4 is 4.90 Å². The van der Waals surface area contributed by atoms with E-state index in [1.165, 1.54) is 32.1 Å². The van der Waals surface area contributed by atoms with Gasteiger partial charge in [-0.15, -0.1) is 0 Å². The third-order valence-electron chi connectivity index (χ3n) is 3.79. The van der Waals surface area contributed by atoms with Crippen LogP contribution in [0.1, 0.15) is 48.2 Å². The molecule has 0 unspecified atom stereocenters. The Labute approximate surface area is 108 Å². The highest BCUT2D eigenvalue weighted by atomic mass is 16.4. The van der Waals surface area contributed by atoms with Gasteiger partial charge in [0.2, 0.25) is 0 Å². The van der Waals surface area contributed by atoms with Gasteiger partial charge in [0.15, 0.2) is 0 Å². The average Bonchev–Trinajstić information content (AvgIpc) is 2.38. The number of pyridine rings is 1. The number of aryl methyl sites for hydroxylation is 1. The summed E-state index contributed by atoms with van der Waals surface area (Å²) in [5.74, 6) is -0.0312. The van der Waals surface area contributed by atoms with Crippen molar-refractivity contribution < 1.29 is 9.90 Å². The molecule has 1 fully saturated rings. The van der Waals surface area contributed by atoms with Crippen LogP contribution in [0.4, 0.5) is 5.82 Å². The largest absolute Gasteiger partial charge is 0.478 e. The number of rotatable bonds is 3. The molecule has 1 aliphatic rings. The normalized spacial score (nSPS) is 16.6. The highest BCUT2D eigenvalue weighted by Gasteiger charge is 2.20. The summed E-state index contributed by atoms with van der Waals surface area (Å²) >= 11 is 0. The van der Waals surface area contributed by atoms with Crippen molar-refractivity contribution in [2.24, 2.45) is 0 Å². The summed E-state index contributed by atoms with van der Waals surface area (Å²) in [6.45, 7) is 1.75. The lowest BCUT2D eigenvalue weighted by Crippen LogP contribution is -2.34. The van der Waals surface area contributed by atoms with Crippen LogP contribution in [0.2, 0.25) is 0 Å². The van der Waals surface area contributed by atoms with Gasteiger partial charge < -0.3 is 10.0 Å². The Bertz CT molecular complexity index is 439. The van der Waals surface area contributed by atoms with Crippen LogP contribution in [0.15, 0.2) is 12.1 Å². The minimum Gasteiger partial charge on any atom is -0.478 e. The molecule has 0 saturated heterocycles. The van der Waals surface area contributed by atoms with Crippen molar-refractivity contribution in [3.63, 3.8) is 0 Å². The molecule has 0 aliphatic heterocycles. The van der Waals surface area contributed by atoms with Crippen molar-refractivity contribution in [1.82, 2.24) is 4.98 Å². The summed E-state index contributed by atoms with van der Waals surface area (Å²) in [5.41, 5.74) is 0.874. The molecule has 18 heavy (non-hydrogen) atoms. The van der Waals surface area contributed by atoms with Gasteiger partial charge in [-0.05, 0) is 31.9 Å². The van der Waals surface area contributed by atoms with Crippen molar-refractivity contribution >= 4 is 11.8 Å². The van der Waals surface area contributed by atoms with Gasteiger partial charge in [-0.3, -0.25) is 0 Å². The van der Waals surface area contributed by atoms with Crippen LogP contribution in [0.5, 0.6) is 0 Å². The number of hydrogen-bond acceptors (Lipinski definition) is 3. The summed E-state index contributed by atoms with van der Waals surface area (Å²) in [6.07, 6.45) is 6.30. The maximum atomic E-state index is 11.0. The third-order valence-corrected chi connectivity index (χ3v) is 3.79. The molecule has 1 aromatic heterocycles. The fourth-order valence-electron chi connectivity index (χ4n) is 2.63. The SMILES string of the molecule is Cc1nc(N(C)C2CCCCC2)ccc1C(=O)O. The number of carbonyl (C=O) groups is 1. The predicted octanol–water partition coefficient (Wildman–Crippen LogP) is 2.86. The third kappa shape index (κ3) is 2.63. The summed E-state index contributed by atoms with van der Waals surface area (Å²) in [7, 11) is 2.05. The topological polar surface area (TPSA) is 53.4 Å². The first-order chi connectivity index (χ1) is 8.59. The van der Waals surface area contributed by atoms with Crippen molar-refractivity contribution in [3.8, 4) is 0 Å². The zero-order valence-electron chi connectivity index (χ0n) is 11.0. The van der Waals surface area contributed by atoms with Crippen LogP contribution in [0.3, 0.4) is 0 Å². The highest BCUT2D eigenvalue weighted by molar-refractivity contribution is 5.89. The Balaban J connectivity index is 2.17. The molecule has 4 nitrogen and oxygen atoms in total. The molecule has 0 spiro atoms. The monoisotopic (exact) mass is 248 g/mol. The molecule has 0 atom stereocenters. The molecule has 2 rings (SSSR count). The molecule has 98 valence electrons. The fourth-order valence-corrected chi connectivity index (χ4v) is 2.63. The number of anilines is 1. The fraction of sp³-hybridized carbons (Fsp3) is 0.571. The van der Waals surface area contributed by atoms with Crippen LogP contribution in [0.25, 0.3) is 0 Å². The molecule has 0 bridgehead atoms. The lowest BCUT2D eigenvalue weighted by molar-refractivity contribution is 0.0695. The molecule has 1 heterocycles. The van der Waals surface area contributed by atoms with Gasteiger partial charge in [0.05, 0.1) is 11.3 Å². The van der Waals surface area contributed by atoms with E-state index in [0.29, 0.717) is 11.7 Å². The average molecular weight is 248 g/mol. The van der Waals surface area contributed by atoms with Gasteiger partial charge >= 0.3 is 5.97 Å². The first-order valence-corrected chi connectivity index (χ1v) is 6.53. The van der Waals surface area contributed by atoms with Gasteiger partial charge in [0, 0.05) is 13.1 Å². The summed E-state index contributed by atoms with van der Waals surface area (Å²) in [6, 6.07) is 4.01. The Morgan fingerprint density at radius 3 is 2.56 bits per heavy atom. The number of carboxylic acids is 1. The van der Waals surface area contributed by atoms with Gasteiger partial charge in [-0.1, -0.05) is 19.3 Å². The van der Waals surface area contributed by atoms with Crippen molar-refractivity contribution in [2.45, 2.75) is 45.1 Å². The Hall–Kier alpha value is -1.58. The second kappa shape index (κ2) is 5.38. The van der Waals surface area contributed by atoms with Crippen LogP contribution in [-0.2, 0) is 0 Å². The molecule has 1 N–H and O–H groups in total. The molecule has 1 aromatic rings. The first kappa shape index (κ1) is 12.9. The van der Waals surface area contributed by atoms with E-state index >= 15 is 0 Å². The number of hydrogen-bond donors (Lipinski definition) is 1. The molecular weight excluding hydrogens is 228 g/mol. The minimum atomic E-state index is -0.910. The van der Waals surface area contributed by atoms with E-state index in [9.17, 15) is 4.79 Å². The molecular formula is C14H20N2O2. The number of aromatic carboxylic acids is 1. The Kier molecular flexibility index (Phi) is 3.84. The predicted molar refractivity (Wildman–Crippen MR) is 71.2 cm³/mol. The van der Waals surface area contributed by atoms with Crippen LogP contribution in [-0.4, -0.2) is 29.1 Å². The first-order valence-electron chi connectivity index (χ1n) is 6.53. The smallest absolute Gasteiger partial charge is 0.337 e. The number of carboxylic acid groups (broad SMARTS) is 1. The van der Waals surface area contributed by atoms with E-state index < -0.39 is 5.97 Å². The number of nitrogens with zero attached hydrogens (tertiary/aromatic N) is 2. The van der Waals surface area contributed by atoms with Crippen molar-refractivity contribution in [3.05, 3.63) is 23.4 Å². The maximum Gasteiger partial charge on any atom is 0.337 e. The second-order valence-electron chi connectivity index (χ2n) is 5.01. The summed E-state index contributed by atoms with van der Waals surface area (Å²) < 4.78 is 0. The van der Waals surface area contributed by atoms with Crippen molar-refractivity contribution in [1.29, 1.82) is 0 Å². The number of aromatic nitrogens is 1. The maximum absolute atomic E-state index is 11.0. The lowest BCUT2D eigenvalue weighted by Gasteiger charge is -2.32. The van der Waals surface area contributed by atoms with E-state index in [1.54, 1.807) is 13.0 Å². The second-order valence-corrected chi connectivity index (χ2v) is 5.01. The minimum absolute atomic E-state index is 0.288. The lowest BCUT2D eigenvalue weighted by atomic mass is 9.94. The standard InChI is InChI=1S/C14H20N2O2/c1-10-12(14(17)18)8-9-13(15-10)16(2)11-6-4-3-5-7-11/h8-9,11H,3-7H2,1-2H3,(H,17,18). The Morgan fingerprint density at radius 2 is 2.00 bits per heavy atom. The van der Waals surface area contributed by atoms with Crippen LogP contribution in [0, 0.1) is 6.92 Å². The van der Waals surface area contributed by atoms with Crippen molar-refractivity contribution in [2.75, 3.05) is 11.9 Å². The van der Waals surface area contributed by atoms with E-state index in [0.717, 1.165) is 5.82 Å². The zero-order chi connectivity index (χ0) is 13.1. The van der Waals surface area contributed by atoms with Crippen LogP contribution >= 0.6 is 0 Å². The summed E-state index contributed by atoms with van der Waals surface area (Å²) in [5, 5.41) is 8.99.